The fourth-order valence-corrected chi connectivity index (χ4v) is 3.39. The van der Waals surface area contributed by atoms with E-state index in [0.29, 0.717) is 6.54 Å². The molecule has 98 valence electrons. The summed E-state index contributed by atoms with van der Waals surface area (Å²) in [5, 5.41) is 12.5. The van der Waals surface area contributed by atoms with Crippen LogP contribution in [0, 0.1) is 0 Å². The Bertz CT molecular complexity index is 422. The number of carbonyl (C=O) groups is 1. The summed E-state index contributed by atoms with van der Waals surface area (Å²) in [6.07, 6.45) is 1.23. The van der Waals surface area contributed by atoms with Gasteiger partial charge in [0.05, 0.1) is 12.0 Å². The first-order valence-electron chi connectivity index (χ1n) is 6.40. The molecule has 2 atom stereocenters. The lowest BCUT2D eigenvalue weighted by Crippen LogP contribution is -2.35. The van der Waals surface area contributed by atoms with Gasteiger partial charge < -0.3 is 10.4 Å². The molecule has 2 rings (SSSR count). The van der Waals surface area contributed by atoms with Crippen LogP contribution in [0.25, 0.3) is 0 Å². The van der Waals surface area contributed by atoms with Crippen molar-refractivity contribution in [2.75, 3.05) is 12.3 Å². The van der Waals surface area contributed by atoms with Crippen molar-refractivity contribution in [3.05, 3.63) is 29.8 Å². The maximum Gasteiger partial charge on any atom is 0.228 e. The molecule has 4 heteroatoms. The molecule has 0 saturated carbocycles. The molecule has 0 radical (unpaired) electrons. The monoisotopic (exact) mass is 265 g/mol. The van der Waals surface area contributed by atoms with Gasteiger partial charge in [-0.05, 0) is 18.1 Å². The van der Waals surface area contributed by atoms with Crippen molar-refractivity contribution >= 4 is 17.7 Å². The van der Waals surface area contributed by atoms with Crippen LogP contribution in [0.1, 0.15) is 31.2 Å². The quantitative estimate of drug-likeness (QED) is 0.857. The number of hydrogen-bond donors (Lipinski definition) is 2. The van der Waals surface area contributed by atoms with E-state index in [2.05, 4.69) is 11.4 Å². The summed E-state index contributed by atoms with van der Waals surface area (Å²) in [5.74, 6) is 0.761. The average molecular weight is 265 g/mol. The summed E-state index contributed by atoms with van der Waals surface area (Å²) < 4.78 is 0. The molecule has 1 heterocycles. The molecule has 3 nitrogen and oxygen atoms in total. The van der Waals surface area contributed by atoms with Gasteiger partial charge in [-0.1, -0.05) is 31.5 Å². The first-order valence-corrected chi connectivity index (χ1v) is 7.38. The van der Waals surface area contributed by atoms with Gasteiger partial charge in [0.1, 0.15) is 0 Å². The van der Waals surface area contributed by atoms with Crippen molar-refractivity contribution in [2.24, 2.45) is 0 Å². The first-order chi connectivity index (χ1) is 8.72. The fraction of sp³-hybridized carbons (Fsp3) is 0.500. The molecule has 1 amide bonds. The summed E-state index contributed by atoms with van der Waals surface area (Å²) in [6.45, 7) is 2.38. The number of rotatable bonds is 5. The number of thioether (sulfide) groups is 1. The minimum atomic E-state index is -0.428. The van der Waals surface area contributed by atoms with Crippen molar-refractivity contribution in [3.8, 4) is 0 Å². The van der Waals surface area contributed by atoms with E-state index in [-0.39, 0.29) is 11.8 Å². The SMILES string of the molecule is CCCC(O)CNC(=O)C1CSc2ccccc21. The van der Waals surface area contributed by atoms with E-state index >= 15 is 0 Å². The van der Waals surface area contributed by atoms with Crippen LogP contribution < -0.4 is 5.32 Å². The van der Waals surface area contributed by atoms with E-state index < -0.39 is 6.10 Å². The third kappa shape index (κ3) is 3.06. The Morgan fingerprint density at radius 3 is 3.11 bits per heavy atom. The van der Waals surface area contributed by atoms with Gasteiger partial charge in [0.25, 0.3) is 0 Å². The van der Waals surface area contributed by atoms with Crippen LogP contribution in [0.2, 0.25) is 0 Å². The van der Waals surface area contributed by atoms with E-state index in [9.17, 15) is 9.90 Å². The minimum Gasteiger partial charge on any atom is -0.391 e. The Labute approximate surface area is 112 Å². The van der Waals surface area contributed by atoms with E-state index in [1.807, 2.05) is 25.1 Å². The van der Waals surface area contributed by atoms with Crippen LogP contribution in [0.15, 0.2) is 29.2 Å². The van der Waals surface area contributed by atoms with Gasteiger partial charge in [0.2, 0.25) is 5.91 Å². The Kier molecular flexibility index (Phi) is 4.66. The molecule has 2 unspecified atom stereocenters. The van der Waals surface area contributed by atoms with Crippen LogP contribution in [-0.4, -0.2) is 29.4 Å². The summed E-state index contributed by atoms with van der Waals surface area (Å²) >= 11 is 1.73. The summed E-state index contributed by atoms with van der Waals surface area (Å²) in [5.41, 5.74) is 1.12. The average Bonchev–Trinajstić information content (AvgIpc) is 2.80. The highest BCUT2D eigenvalue weighted by Crippen LogP contribution is 2.39. The van der Waals surface area contributed by atoms with Gasteiger partial charge in [-0.2, -0.15) is 0 Å². The molecular formula is C14H19NO2S. The van der Waals surface area contributed by atoms with Crippen LogP contribution in [0.4, 0.5) is 0 Å². The summed E-state index contributed by atoms with van der Waals surface area (Å²) in [6, 6.07) is 8.04. The number of amides is 1. The fourth-order valence-electron chi connectivity index (χ4n) is 2.16. The number of carbonyl (C=O) groups excluding carboxylic acids is 1. The molecule has 1 aliphatic heterocycles. The van der Waals surface area contributed by atoms with Crippen molar-refractivity contribution in [2.45, 2.75) is 36.7 Å². The lowest BCUT2D eigenvalue weighted by Gasteiger charge is -2.14. The van der Waals surface area contributed by atoms with Crippen LogP contribution in [0.3, 0.4) is 0 Å². The highest BCUT2D eigenvalue weighted by Gasteiger charge is 2.28. The van der Waals surface area contributed by atoms with E-state index in [4.69, 9.17) is 0 Å². The standard InChI is InChI=1S/C14H19NO2S/c1-2-5-10(16)8-15-14(17)12-9-18-13-7-4-3-6-11(12)13/h3-4,6-7,10,12,16H,2,5,8-9H2,1H3,(H,15,17). The van der Waals surface area contributed by atoms with Crippen LogP contribution >= 0.6 is 11.8 Å². The van der Waals surface area contributed by atoms with E-state index in [1.54, 1.807) is 11.8 Å². The zero-order valence-electron chi connectivity index (χ0n) is 10.6. The second-order valence-corrected chi connectivity index (χ2v) is 5.65. The Hall–Kier alpha value is -1.00. The maximum absolute atomic E-state index is 12.1. The molecule has 18 heavy (non-hydrogen) atoms. The maximum atomic E-state index is 12.1. The second-order valence-electron chi connectivity index (χ2n) is 4.59. The van der Waals surface area contributed by atoms with E-state index in [1.165, 1.54) is 4.90 Å². The lowest BCUT2D eigenvalue weighted by molar-refractivity contribution is -0.122. The number of nitrogens with one attached hydrogen (secondary N) is 1. The highest BCUT2D eigenvalue weighted by atomic mass is 32.2. The van der Waals surface area contributed by atoms with Gasteiger partial charge in [-0.3, -0.25) is 4.79 Å². The van der Waals surface area contributed by atoms with Crippen molar-refractivity contribution < 1.29 is 9.90 Å². The Balaban J connectivity index is 1.91. The molecule has 0 bridgehead atoms. The van der Waals surface area contributed by atoms with Crippen molar-refractivity contribution in [3.63, 3.8) is 0 Å². The molecular weight excluding hydrogens is 246 g/mol. The van der Waals surface area contributed by atoms with Gasteiger partial charge in [-0.25, -0.2) is 0 Å². The third-order valence-corrected chi connectivity index (χ3v) is 4.33. The van der Waals surface area contributed by atoms with Gasteiger partial charge >= 0.3 is 0 Å². The summed E-state index contributed by atoms with van der Waals surface area (Å²) in [4.78, 5) is 13.3. The molecule has 2 N–H and O–H groups in total. The molecule has 0 saturated heterocycles. The predicted octanol–water partition coefficient (Wildman–Crippen LogP) is 2.15. The highest BCUT2D eigenvalue weighted by molar-refractivity contribution is 7.99. The molecule has 1 aliphatic rings. The van der Waals surface area contributed by atoms with Gasteiger partial charge in [0.15, 0.2) is 0 Å². The normalized spacial score (nSPS) is 19.3. The molecule has 0 aliphatic carbocycles. The zero-order valence-corrected chi connectivity index (χ0v) is 11.4. The van der Waals surface area contributed by atoms with Crippen LogP contribution in [0.5, 0.6) is 0 Å². The molecule has 1 aromatic rings. The third-order valence-electron chi connectivity index (χ3n) is 3.15. The van der Waals surface area contributed by atoms with E-state index in [0.717, 1.165) is 24.2 Å². The Morgan fingerprint density at radius 2 is 2.33 bits per heavy atom. The molecule has 0 fully saturated rings. The topological polar surface area (TPSA) is 49.3 Å². The number of fused-ring (bicyclic) bond motifs is 1. The van der Waals surface area contributed by atoms with Crippen molar-refractivity contribution in [1.29, 1.82) is 0 Å². The lowest BCUT2D eigenvalue weighted by atomic mass is 10.0. The van der Waals surface area contributed by atoms with Gasteiger partial charge in [0, 0.05) is 17.2 Å². The summed E-state index contributed by atoms with van der Waals surface area (Å²) in [7, 11) is 0. The van der Waals surface area contributed by atoms with Crippen LogP contribution in [-0.2, 0) is 4.79 Å². The predicted molar refractivity (Wildman–Crippen MR) is 73.8 cm³/mol. The second kappa shape index (κ2) is 6.25. The minimum absolute atomic E-state index is 0.0302. The van der Waals surface area contributed by atoms with Crippen molar-refractivity contribution in [1.82, 2.24) is 5.32 Å². The Morgan fingerprint density at radius 1 is 1.56 bits per heavy atom. The number of aliphatic hydroxyl groups is 1. The molecule has 0 aromatic heterocycles. The largest absolute Gasteiger partial charge is 0.391 e. The number of hydrogen-bond acceptors (Lipinski definition) is 3. The first kappa shape index (κ1) is 13.4. The van der Waals surface area contributed by atoms with Gasteiger partial charge in [-0.15, -0.1) is 11.8 Å². The molecule has 1 aromatic carbocycles. The smallest absolute Gasteiger partial charge is 0.228 e. The number of benzene rings is 1. The number of aliphatic hydroxyl groups excluding tert-OH is 1. The zero-order chi connectivity index (χ0) is 13.0. The molecule has 0 spiro atoms.